The number of methoxy groups -OCH3 is 1. The number of hydrogen-bond acceptors (Lipinski definition) is 5. The molecular formula is C27H35N3O4. The van der Waals surface area contributed by atoms with E-state index in [9.17, 15) is 14.7 Å². The van der Waals surface area contributed by atoms with Gasteiger partial charge in [0, 0.05) is 45.2 Å². The third-order valence-electron chi connectivity index (χ3n) is 7.08. The Morgan fingerprint density at radius 2 is 1.65 bits per heavy atom. The fraction of sp³-hybridized carbons (Fsp3) is 0.481. The Morgan fingerprint density at radius 1 is 0.971 bits per heavy atom. The van der Waals surface area contributed by atoms with Crippen LogP contribution in [-0.2, 0) is 4.79 Å². The smallest absolute Gasteiger partial charge is 0.337 e. The Hall–Kier alpha value is -3.06. The molecule has 2 aromatic carbocycles. The third-order valence-corrected chi connectivity index (χ3v) is 7.08. The highest BCUT2D eigenvalue weighted by Gasteiger charge is 2.30. The van der Waals surface area contributed by atoms with Crippen molar-refractivity contribution in [3.63, 3.8) is 0 Å². The van der Waals surface area contributed by atoms with Gasteiger partial charge in [-0.1, -0.05) is 43.5 Å². The average molecular weight is 466 g/mol. The van der Waals surface area contributed by atoms with Crippen molar-refractivity contribution in [2.75, 3.05) is 56.2 Å². The molecule has 1 saturated carbocycles. The minimum atomic E-state index is -0.998. The Kier molecular flexibility index (Phi) is 8.06. The molecule has 182 valence electrons. The van der Waals surface area contributed by atoms with Crippen LogP contribution in [-0.4, -0.2) is 68.3 Å². The van der Waals surface area contributed by atoms with Gasteiger partial charge in [0.15, 0.2) is 0 Å². The van der Waals surface area contributed by atoms with E-state index in [1.807, 2.05) is 24.3 Å². The van der Waals surface area contributed by atoms with Gasteiger partial charge < -0.3 is 19.6 Å². The maximum atomic E-state index is 13.5. The second-order valence-electron chi connectivity index (χ2n) is 9.15. The Balaban J connectivity index is 1.44. The lowest BCUT2D eigenvalue weighted by Crippen LogP contribution is -2.50. The molecule has 0 unspecified atom stereocenters. The number of nitrogens with zero attached hydrogens (tertiary/aromatic N) is 3. The summed E-state index contributed by atoms with van der Waals surface area (Å²) in [5.41, 5.74) is 1.81. The van der Waals surface area contributed by atoms with Gasteiger partial charge >= 0.3 is 5.97 Å². The van der Waals surface area contributed by atoms with Gasteiger partial charge in [0.05, 0.1) is 24.0 Å². The maximum Gasteiger partial charge on any atom is 0.337 e. The zero-order chi connectivity index (χ0) is 23.9. The highest BCUT2D eigenvalue weighted by Crippen LogP contribution is 2.30. The molecule has 1 aliphatic carbocycles. The van der Waals surface area contributed by atoms with Crippen molar-refractivity contribution in [3.05, 3.63) is 54.1 Å². The van der Waals surface area contributed by atoms with E-state index in [1.165, 1.54) is 6.42 Å². The number of benzene rings is 2. The molecule has 0 spiro atoms. The van der Waals surface area contributed by atoms with E-state index in [4.69, 9.17) is 4.74 Å². The molecule has 34 heavy (non-hydrogen) atoms. The number of anilines is 2. The van der Waals surface area contributed by atoms with Gasteiger partial charge in [-0.15, -0.1) is 0 Å². The summed E-state index contributed by atoms with van der Waals surface area (Å²) in [5, 5.41) is 9.74. The van der Waals surface area contributed by atoms with Gasteiger partial charge in [-0.2, -0.15) is 0 Å². The Morgan fingerprint density at radius 3 is 2.35 bits per heavy atom. The number of carbonyl (C=O) groups excluding carboxylic acids is 1. The van der Waals surface area contributed by atoms with Crippen LogP contribution in [0.2, 0.25) is 0 Å². The first-order valence-corrected chi connectivity index (χ1v) is 12.3. The topological polar surface area (TPSA) is 73.3 Å². The molecule has 2 aliphatic rings. The van der Waals surface area contributed by atoms with E-state index < -0.39 is 5.97 Å². The predicted octanol–water partition coefficient (Wildman–Crippen LogP) is 4.13. The first-order chi connectivity index (χ1) is 16.6. The molecule has 1 aliphatic heterocycles. The molecule has 0 bridgehead atoms. The van der Waals surface area contributed by atoms with Crippen LogP contribution >= 0.6 is 0 Å². The van der Waals surface area contributed by atoms with Crippen molar-refractivity contribution in [2.45, 2.75) is 32.1 Å². The van der Waals surface area contributed by atoms with Crippen molar-refractivity contribution < 1.29 is 19.4 Å². The van der Waals surface area contributed by atoms with Crippen molar-refractivity contribution >= 4 is 23.3 Å². The molecule has 2 aromatic rings. The number of carbonyl (C=O) groups is 2. The lowest BCUT2D eigenvalue weighted by Gasteiger charge is -2.38. The number of aromatic carboxylic acids is 1. The number of ether oxygens (including phenoxy) is 1. The van der Waals surface area contributed by atoms with Crippen LogP contribution in [0.25, 0.3) is 0 Å². The lowest BCUT2D eigenvalue weighted by atomic mass is 9.88. The number of carboxylic acid groups (broad SMARTS) is 1. The van der Waals surface area contributed by atoms with E-state index in [-0.39, 0.29) is 17.4 Å². The first kappa shape index (κ1) is 24.1. The van der Waals surface area contributed by atoms with Crippen LogP contribution in [0.4, 0.5) is 11.4 Å². The van der Waals surface area contributed by atoms with Gasteiger partial charge in [-0.3, -0.25) is 9.69 Å². The summed E-state index contributed by atoms with van der Waals surface area (Å²) in [6, 6.07) is 15.0. The standard InChI is InChI=1S/C27H35N3O4/c1-34-25-14-8-7-13-24(25)29-18-15-28(16-19-29)17-20-30(26(31)21-9-3-2-4-10-21)23-12-6-5-11-22(23)27(32)33/h5-8,11-14,21H,2-4,9-10,15-20H2,1H3,(H,32,33). The molecule has 1 N–H and O–H groups in total. The van der Waals surface area contributed by atoms with Crippen molar-refractivity contribution in [3.8, 4) is 5.75 Å². The largest absolute Gasteiger partial charge is 0.495 e. The normalized spacial score (nSPS) is 17.4. The van der Waals surface area contributed by atoms with Crippen LogP contribution in [0.1, 0.15) is 42.5 Å². The van der Waals surface area contributed by atoms with Gasteiger partial charge in [-0.05, 0) is 37.1 Å². The predicted molar refractivity (Wildman–Crippen MR) is 134 cm³/mol. The average Bonchev–Trinajstić information content (AvgIpc) is 2.89. The SMILES string of the molecule is COc1ccccc1N1CCN(CCN(C(=O)C2CCCCC2)c2ccccc2C(=O)O)CC1. The number of amides is 1. The van der Waals surface area contributed by atoms with Gasteiger partial charge in [0.25, 0.3) is 0 Å². The zero-order valence-corrected chi connectivity index (χ0v) is 20.0. The molecule has 2 fully saturated rings. The molecule has 4 rings (SSSR count). The van der Waals surface area contributed by atoms with E-state index in [2.05, 4.69) is 15.9 Å². The minimum absolute atomic E-state index is 0.0157. The number of carboxylic acids is 1. The van der Waals surface area contributed by atoms with Crippen molar-refractivity contribution in [1.29, 1.82) is 0 Å². The van der Waals surface area contributed by atoms with Crippen LogP contribution in [0.3, 0.4) is 0 Å². The van der Waals surface area contributed by atoms with Crippen LogP contribution in [0, 0.1) is 5.92 Å². The highest BCUT2D eigenvalue weighted by molar-refractivity contribution is 6.02. The minimum Gasteiger partial charge on any atom is -0.495 e. The maximum absolute atomic E-state index is 13.5. The fourth-order valence-corrected chi connectivity index (χ4v) is 5.15. The first-order valence-electron chi connectivity index (χ1n) is 12.3. The second-order valence-corrected chi connectivity index (χ2v) is 9.15. The molecule has 1 saturated heterocycles. The molecule has 1 amide bonds. The summed E-state index contributed by atoms with van der Waals surface area (Å²) >= 11 is 0. The molecule has 7 nitrogen and oxygen atoms in total. The molecular weight excluding hydrogens is 430 g/mol. The number of hydrogen-bond donors (Lipinski definition) is 1. The molecule has 0 aromatic heterocycles. The highest BCUT2D eigenvalue weighted by atomic mass is 16.5. The van der Waals surface area contributed by atoms with E-state index in [1.54, 1.807) is 30.2 Å². The Bertz CT molecular complexity index is 981. The number of piperazine rings is 1. The summed E-state index contributed by atoms with van der Waals surface area (Å²) in [6.07, 6.45) is 5.09. The molecule has 7 heteroatoms. The van der Waals surface area contributed by atoms with E-state index in [0.29, 0.717) is 18.8 Å². The molecule has 0 atom stereocenters. The third kappa shape index (κ3) is 5.53. The summed E-state index contributed by atoms with van der Waals surface area (Å²) in [7, 11) is 1.70. The molecule has 0 radical (unpaired) electrons. The van der Waals surface area contributed by atoms with Gasteiger partial charge in [0.2, 0.25) is 5.91 Å². The summed E-state index contributed by atoms with van der Waals surface area (Å²) in [5.74, 6) is -0.0630. The Labute approximate surface area is 201 Å². The number of rotatable bonds is 8. The van der Waals surface area contributed by atoms with E-state index in [0.717, 1.165) is 63.3 Å². The quantitative estimate of drug-likeness (QED) is 0.632. The molecule has 1 heterocycles. The zero-order valence-electron chi connectivity index (χ0n) is 20.0. The van der Waals surface area contributed by atoms with Crippen LogP contribution in [0.5, 0.6) is 5.75 Å². The van der Waals surface area contributed by atoms with Crippen molar-refractivity contribution in [2.24, 2.45) is 5.92 Å². The summed E-state index contributed by atoms with van der Waals surface area (Å²) in [4.78, 5) is 31.9. The van der Waals surface area contributed by atoms with Gasteiger partial charge in [0.1, 0.15) is 5.75 Å². The summed E-state index contributed by atoms with van der Waals surface area (Å²) in [6.45, 7) is 4.72. The lowest BCUT2D eigenvalue weighted by molar-refractivity contribution is -0.123. The monoisotopic (exact) mass is 465 g/mol. The van der Waals surface area contributed by atoms with E-state index >= 15 is 0 Å². The van der Waals surface area contributed by atoms with Crippen molar-refractivity contribution in [1.82, 2.24) is 4.90 Å². The summed E-state index contributed by atoms with van der Waals surface area (Å²) < 4.78 is 5.52. The van der Waals surface area contributed by atoms with Gasteiger partial charge in [-0.25, -0.2) is 4.79 Å². The fourth-order valence-electron chi connectivity index (χ4n) is 5.15. The van der Waals surface area contributed by atoms with Crippen LogP contribution in [0.15, 0.2) is 48.5 Å². The second kappa shape index (κ2) is 11.4. The van der Waals surface area contributed by atoms with Crippen LogP contribution < -0.4 is 14.5 Å². The number of para-hydroxylation sites is 3.